The normalized spacial score (nSPS) is 11.0. The van der Waals surface area contributed by atoms with Gasteiger partial charge in [-0.3, -0.25) is 4.98 Å². The van der Waals surface area contributed by atoms with Crippen molar-refractivity contribution >= 4 is 0 Å². The molecule has 0 spiro atoms. The Morgan fingerprint density at radius 1 is 1.00 bits per heavy atom. The van der Waals surface area contributed by atoms with E-state index in [1.54, 1.807) is 17.1 Å². The third kappa shape index (κ3) is 6.83. The van der Waals surface area contributed by atoms with E-state index in [9.17, 15) is 0 Å². The third-order valence-corrected chi connectivity index (χ3v) is 2.97. The Balaban J connectivity index is 1.53. The minimum absolute atomic E-state index is 0.536. The van der Waals surface area contributed by atoms with Crippen LogP contribution < -0.4 is 5.73 Å². The third-order valence-electron chi connectivity index (χ3n) is 2.97. The van der Waals surface area contributed by atoms with E-state index < -0.39 is 0 Å². The highest BCUT2D eigenvalue weighted by atomic mass is 16.5. The Kier molecular flexibility index (Phi) is 8.20. The van der Waals surface area contributed by atoms with Gasteiger partial charge in [0.25, 0.3) is 0 Å². The second-order valence-electron chi connectivity index (χ2n) is 4.73. The Labute approximate surface area is 135 Å². The number of hydrogen-bond donors (Lipinski definition) is 1. The molecular weight excluding hydrogens is 298 g/mol. The van der Waals surface area contributed by atoms with E-state index in [1.165, 1.54) is 0 Å². The molecule has 2 aromatic rings. The molecule has 126 valence electrons. The van der Waals surface area contributed by atoms with Crippen LogP contribution in [0, 0.1) is 0 Å². The lowest BCUT2D eigenvalue weighted by Gasteiger charge is -2.06. The van der Waals surface area contributed by atoms with Crippen LogP contribution in [0.25, 0.3) is 11.3 Å². The highest BCUT2D eigenvalue weighted by Crippen LogP contribution is 2.13. The zero-order valence-electron chi connectivity index (χ0n) is 13.1. The van der Waals surface area contributed by atoms with Crippen LogP contribution in [0.15, 0.2) is 30.7 Å². The topological polar surface area (TPSA) is 97.3 Å². The summed E-state index contributed by atoms with van der Waals surface area (Å²) in [5.41, 5.74) is 7.06. The maximum atomic E-state index is 5.49. The van der Waals surface area contributed by atoms with Gasteiger partial charge >= 0.3 is 0 Å². The molecule has 0 aromatic carbocycles. The van der Waals surface area contributed by atoms with Gasteiger partial charge in [-0.25, -0.2) is 4.68 Å². The van der Waals surface area contributed by atoms with Crippen LogP contribution in [-0.2, 0) is 20.8 Å². The van der Waals surface area contributed by atoms with Crippen LogP contribution in [0.4, 0.5) is 0 Å². The highest BCUT2D eigenvalue weighted by molar-refractivity contribution is 5.55. The Hall–Kier alpha value is -1.87. The fourth-order valence-electron chi connectivity index (χ4n) is 1.84. The van der Waals surface area contributed by atoms with Crippen LogP contribution >= 0.6 is 0 Å². The molecule has 2 rings (SSSR count). The highest BCUT2D eigenvalue weighted by Gasteiger charge is 2.03. The number of hydrogen-bond acceptors (Lipinski definition) is 7. The number of nitrogens with zero attached hydrogens (tertiary/aromatic N) is 4. The van der Waals surface area contributed by atoms with Crippen LogP contribution in [-0.4, -0.2) is 66.2 Å². The van der Waals surface area contributed by atoms with E-state index in [0.717, 1.165) is 11.3 Å². The molecule has 0 aliphatic rings. The summed E-state index contributed by atoms with van der Waals surface area (Å²) in [6, 6.07) is 3.82. The summed E-state index contributed by atoms with van der Waals surface area (Å²) in [6.07, 6.45) is 5.37. The number of ether oxygens (including phenoxy) is 3. The second kappa shape index (κ2) is 10.8. The molecule has 0 unspecified atom stereocenters. The predicted octanol–water partition coefficient (Wildman–Crippen LogP) is 0.349. The molecule has 0 aliphatic heterocycles. The lowest BCUT2D eigenvalue weighted by molar-refractivity contribution is 0.0141. The molecule has 0 aliphatic carbocycles. The zero-order valence-corrected chi connectivity index (χ0v) is 13.1. The molecule has 0 saturated heterocycles. The first kappa shape index (κ1) is 17.5. The van der Waals surface area contributed by atoms with E-state index in [4.69, 9.17) is 19.9 Å². The molecule has 2 N–H and O–H groups in total. The quantitative estimate of drug-likeness (QED) is 0.563. The molecule has 2 aromatic heterocycles. The van der Waals surface area contributed by atoms with Crippen molar-refractivity contribution in [3.63, 3.8) is 0 Å². The van der Waals surface area contributed by atoms with Crippen molar-refractivity contribution in [2.75, 3.05) is 46.2 Å². The van der Waals surface area contributed by atoms with Gasteiger partial charge in [0.1, 0.15) is 5.69 Å². The lowest BCUT2D eigenvalue weighted by Crippen LogP contribution is -2.14. The van der Waals surface area contributed by atoms with Crippen molar-refractivity contribution in [2.45, 2.75) is 6.54 Å². The molecule has 0 amide bonds. The number of aromatic nitrogens is 4. The average Bonchev–Trinajstić information content (AvgIpc) is 3.06. The molecule has 0 fully saturated rings. The van der Waals surface area contributed by atoms with Gasteiger partial charge in [0.2, 0.25) is 0 Å². The fourth-order valence-corrected chi connectivity index (χ4v) is 1.84. The van der Waals surface area contributed by atoms with E-state index in [0.29, 0.717) is 52.7 Å². The van der Waals surface area contributed by atoms with E-state index in [2.05, 4.69) is 15.3 Å². The first-order valence-corrected chi connectivity index (χ1v) is 7.64. The molecule has 8 nitrogen and oxygen atoms in total. The van der Waals surface area contributed by atoms with Crippen molar-refractivity contribution in [2.24, 2.45) is 5.73 Å². The van der Waals surface area contributed by atoms with Crippen molar-refractivity contribution in [3.8, 4) is 11.3 Å². The minimum atomic E-state index is 0.536. The number of nitrogens with two attached hydrogens (primary N) is 1. The summed E-state index contributed by atoms with van der Waals surface area (Å²) in [5, 5.41) is 8.19. The summed E-state index contributed by atoms with van der Waals surface area (Å²) < 4.78 is 17.8. The Morgan fingerprint density at radius 2 is 1.74 bits per heavy atom. The summed E-state index contributed by atoms with van der Waals surface area (Å²) in [7, 11) is 0. The summed E-state index contributed by atoms with van der Waals surface area (Å²) in [5.74, 6) is 0. The van der Waals surface area contributed by atoms with Gasteiger partial charge in [0.15, 0.2) is 0 Å². The smallest absolute Gasteiger partial charge is 0.114 e. The molecule has 0 saturated carbocycles. The first-order chi connectivity index (χ1) is 11.4. The van der Waals surface area contributed by atoms with Crippen LogP contribution in [0.2, 0.25) is 0 Å². The van der Waals surface area contributed by atoms with Gasteiger partial charge in [0, 0.05) is 24.5 Å². The van der Waals surface area contributed by atoms with Crippen molar-refractivity contribution in [3.05, 3.63) is 30.7 Å². The van der Waals surface area contributed by atoms with Crippen molar-refractivity contribution < 1.29 is 14.2 Å². The van der Waals surface area contributed by atoms with E-state index in [1.807, 2.05) is 18.3 Å². The summed E-state index contributed by atoms with van der Waals surface area (Å²) in [6.45, 7) is 4.52. The lowest BCUT2D eigenvalue weighted by atomic mass is 10.2. The zero-order chi connectivity index (χ0) is 16.2. The van der Waals surface area contributed by atoms with Crippen molar-refractivity contribution in [1.82, 2.24) is 20.0 Å². The molecule has 2 heterocycles. The van der Waals surface area contributed by atoms with Gasteiger partial charge in [-0.15, -0.1) is 5.10 Å². The molecule has 0 atom stereocenters. The predicted molar refractivity (Wildman–Crippen MR) is 84.8 cm³/mol. The Bertz CT molecular complexity index is 535. The maximum Gasteiger partial charge on any atom is 0.114 e. The minimum Gasteiger partial charge on any atom is -0.378 e. The van der Waals surface area contributed by atoms with Gasteiger partial charge in [-0.1, -0.05) is 5.21 Å². The summed E-state index contributed by atoms with van der Waals surface area (Å²) in [4.78, 5) is 4.07. The van der Waals surface area contributed by atoms with Gasteiger partial charge in [-0.05, 0) is 12.1 Å². The first-order valence-electron chi connectivity index (χ1n) is 7.64. The molecule has 0 radical (unpaired) electrons. The van der Waals surface area contributed by atoms with E-state index >= 15 is 0 Å². The second-order valence-corrected chi connectivity index (χ2v) is 4.73. The number of rotatable bonds is 12. The number of pyridine rings is 1. The average molecular weight is 321 g/mol. The van der Waals surface area contributed by atoms with Gasteiger partial charge < -0.3 is 19.9 Å². The van der Waals surface area contributed by atoms with Crippen molar-refractivity contribution in [1.29, 1.82) is 0 Å². The van der Waals surface area contributed by atoms with Gasteiger partial charge in [-0.2, -0.15) is 0 Å². The SMILES string of the molecule is NCCOCCOCCOCCn1cc(-c2cccnc2)nn1. The molecular formula is C15H23N5O3. The molecule has 0 bridgehead atoms. The standard InChI is InChI=1S/C15H23N5O3/c16-3-6-21-8-10-23-11-9-22-7-5-20-13-15(18-19-20)14-2-1-4-17-12-14/h1-2,4,12-13H,3,5-11,16H2. The maximum absolute atomic E-state index is 5.49. The Morgan fingerprint density at radius 3 is 2.43 bits per heavy atom. The monoisotopic (exact) mass is 321 g/mol. The largest absolute Gasteiger partial charge is 0.378 e. The van der Waals surface area contributed by atoms with E-state index in [-0.39, 0.29) is 0 Å². The fraction of sp³-hybridized carbons (Fsp3) is 0.533. The molecule has 23 heavy (non-hydrogen) atoms. The van der Waals surface area contributed by atoms with Crippen LogP contribution in [0.1, 0.15) is 0 Å². The van der Waals surface area contributed by atoms with Crippen LogP contribution in [0.3, 0.4) is 0 Å². The van der Waals surface area contributed by atoms with Crippen LogP contribution in [0.5, 0.6) is 0 Å². The van der Waals surface area contributed by atoms with Gasteiger partial charge in [0.05, 0.1) is 52.4 Å². The molecule has 8 heteroatoms. The summed E-state index contributed by atoms with van der Waals surface area (Å²) >= 11 is 0.